The fraction of sp³-hybridized carbons (Fsp3) is 0.409. The van der Waals surface area contributed by atoms with Crippen LogP contribution >= 0.6 is 0 Å². The molecule has 0 unspecified atom stereocenters. The molecule has 0 bridgehead atoms. The largest absolute Gasteiger partial charge is 0.336 e. The Labute approximate surface area is 150 Å². The summed E-state index contributed by atoms with van der Waals surface area (Å²) in [5.41, 5.74) is 6.30. The van der Waals surface area contributed by atoms with Crippen molar-refractivity contribution >= 4 is 5.91 Å². The molecule has 1 saturated heterocycles. The maximum atomic E-state index is 13.0. The molecule has 0 saturated carbocycles. The van der Waals surface area contributed by atoms with Crippen LogP contribution in [0, 0.1) is 6.92 Å². The van der Waals surface area contributed by atoms with Crippen LogP contribution in [0.4, 0.5) is 0 Å². The standard InChI is InChI=1S/C22H26N2O/c1-17-5-2-6-18(15-17)16-23-11-13-24(14-12-23)22(25)21-10-4-8-19-7-3-9-20(19)21/h2,4-6,8,10,15H,3,7,9,11-14,16H2,1H3. The maximum absolute atomic E-state index is 13.0. The molecule has 2 aromatic carbocycles. The molecule has 2 aromatic rings. The van der Waals surface area contributed by atoms with E-state index in [9.17, 15) is 4.79 Å². The first-order valence-electron chi connectivity index (χ1n) is 9.38. The van der Waals surface area contributed by atoms with Gasteiger partial charge in [-0.1, -0.05) is 42.0 Å². The first kappa shape index (κ1) is 16.3. The highest BCUT2D eigenvalue weighted by Gasteiger charge is 2.25. The van der Waals surface area contributed by atoms with E-state index >= 15 is 0 Å². The number of piperazine rings is 1. The zero-order valence-electron chi connectivity index (χ0n) is 15.0. The topological polar surface area (TPSA) is 23.6 Å². The van der Waals surface area contributed by atoms with Gasteiger partial charge in [-0.3, -0.25) is 9.69 Å². The molecule has 4 rings (SSSR count). The summed E-state index contributed by atoms with van der Waals surface area (Å²) in [7, 11) is 0. The van der Waals surface area contributed by atoms with Crippen LogP contribution in [0.5, 0.6) is 0 Å². The van der Waals surface area contributed by atoms with Crippen molar-refractivity contribution < 1.29 is 4.79 Å². The smallest absolute Gasteiger partial charge is 0.254 e. The van der Waals surface area contributed by atoms with Gasteiger partial charge in [0.15, 0.2) is 0 Å². The summed E-state index contributed by atoms with van der Waals surface area (Å²) in [5, 5.41) is 0. The van der Waals surface area contributed by atoms with Crippen LogP contribution in [0.3, 0.4) is 0 Å². The summed E-state index contributed by atoms with van der Waals surface area (Å²) in [6.45, 7) is 6.68. The van der Waals surface area contributed by atoms with Gasteiger partial charge in [-0.25, -0.2) is 0 Å². The highest BCUT2D eigenvalue weighted by molar-refractivity contribution is 5.96. The fourth-order valence-electron chi connectivity index (χ4n) is 4.17. The van der Waals surface area contributed by atoms with E-state index in [4.69, 9.17) is 0 Å². The minimum Gasteiger partial charge on any atom is -0.336 e. The minimum absolute atomic E-state index is 0.231. The summed E-state index contributed by atoms with van der Waals surface area (Å²) in [6.07, 6.45) is 3.37. The molecule has 3 heteroatoms. The molecule has 1 amide bonds. The van der Waals surface area contributed by atoms with Gasteiger partial charge in [-0.05, 0) is 48.9 Å². The van der Waals surface area contributed by atoms with Gasteiger partial charge in [0.05, 0.1) is 0 Å². The van der Waals surface area contributed by atoms with Crippen LogP contribution in [0.2, 0.25) is 0 Å². The van der Waals surface area contributed by atoms with E-state index in [1.807, 2.05) is 17.0 Å². The lowest BCUT2D eigenvalue weighted by Gasteiger charge is -2.35. The first-order valence-corrected chi connectivity index (χ1v) is 9.38. The molecular formula is C22H26N2O. The fourth-order valence-corrected chi connectivity index (χ4v) is 4.17. The van der Waals surface area contributed by atoms with Crippen molar-refractivity contribution in [3.8, 4) is 0 Å². The molecule has 1 fully saturated rings. The van der Waals surface area contributed by atoms with E-state index < -0.39 is 0 Å². The summed E-state index contributed by atoms with van der Waals surface area (Å²) in [5.74, 6) is 0.231. The molecule has 25 heavy (non-hydrogen) atoms. The van der Waals surface area contributed by atoms with Crippen molar-refractivity contribution in [2.75, 3.05) is 26.2 Å². The number of hydrogen-bond acceptors (Lipinski definition) is 2. The molecule has 2 aliphatic rings. The third-order valence-electron chi connectivity index (χ3n) is 5.52. The Balaban J connectivity index is 1.39. The van der Waals surface area contributed by atoms with Crippen molar-refractivity contribution in [2.45, 2.75) is 32.7 Å². The average molecular weight is 334 g/mol. The third-order valence-corrected chi connectivity index (χ3v) is 5.52. The Morgan fingerprint density at radius 1 is 1.00 bits per heavy atom. The predicted octanol–water partition coefficient (Wildman–Crippen LogP) is 3.44. The molecule has 1 aliphatic heterocycles. The van der Waals surface area contributed by atoms with Crippen molar-refractivity contribution in [1.29, 1.82) is 0 Å². The van der Waals surface area contributed by atoms with Gasteiger partial charge in [0, 0.05) is 38.3 Å². The van der Waals surface area contributed by atoms with Gasteiger partial charge in [0.25, 0.3) is 5.91 Å². The van der Waals surface area contributed by atoms with E-state index in [0.29, 0.717) is 0 Å². The number of rotatable bonds is 3. The number of amides is 1. The van der Waals surface area contributed by atoms with Gasteiger partial charge < -0.3 is 4.90 Å². The SMILES string of the molecule is Cc1cccc(CN2CCN(C(=O)c3cccc4c3CCC4)CC2)c1. The molecule has 0 spiro atoms. The molecule has 1 heterocycles. The van der Waals surface area contributed by atoms with Crippen molar-refractivity contribution in [3.05, 3.63) is 70.3 Å². The van der Waals surface area contributed by atoms with Crippen LogP contribution < -0.4 is 0 Å². The lowest BCUT2D eigenvalue weighted by atomic mass is 10.0. The zero-order valence-corrected chi connectivity index (χ0v) is 15.0. The van der Waals surface area contributed by atoms with Gasteiger partial charge in [0.2, 0.25) is 0 Å². The highest BCUT2D eigenvalue weighted by Crippen LogP contribution is 2.26. The molecular weight excluding hydrogens is 308 g/mol. The van der Waals surface area contributed by atoms with Crippen molar-refractivity contribution in [2.24, 2.45) is 0 Å². The Bertz CT molecular complexity index is 775. The zero-order chi connectivity index (χ0) is 17.2. The second-order valence-corrected chi connectivity index (χ2v) is 7.35. The van der Waals surface area contributed by atoms with E-state index in [1.54, 1.807) is 0 Å². The van der Waals surface area contributed by atoms with Gasteiger partial charge in [-0.2, -0.15) is 0 Å². The molecule has 0 radical (unpaired) electrons. The number of carbonyl (C=O) groups excluding carboxylic acids is 1. The number of hydrogen-bond donors (Lipinski definition) is 0. The van der Waals surface area contributed by atoms with E-state index in [2.05, 4.69) is 42.2 Å². The Kier molecular flexibility index (Phi) is 4.58. The van der Waals surface area contributed by atoms with E-state index in [0.717, 1.165) is 51.1 Å². The quantitative estimate of drug-likeness (QED) is 0.858. The van der Waals surface area contributed by atoms with Gasteiger partial charge in [-0.15, -0.1) is 0 Å². The Morgan fingerprint density at radius 2 is 1.80 bits per heavy atom. The van der Waals surface area contributed by atoms with Crippen LogP contribution in [0.15, 0.2) is 42.5 Å². The highest BCUT2D eigenvalue weighted by atomic mass is 16.2. The number of carbonyl (C=O) groups is 1. The van der Waals surface area contributed by atoms with Crippen molar-refractivity contribution in [1.82, 2.24) is 9.80 Å². The van der Waals surface area contributed by atoms with Crippen LogP contribution in [0.1, 0.15) is 39.0 Å². The van der Waals surface area contributed by atoms with Gasteiger partial charge in [0.1, 0.15) is 0 Å². The summed E-state index contributed by atoms with van der Waals surface area (Å²) in [6, 6.07) is 15.0. The lowest BCUT2D eigenvalue weighted by Crippen LogP contribution is -2.48. The summed E-state index contributed by atoms with van der Waals surface area (Å²) >= 11 is 0. The molecule has 1 aliphatic carbocycles. The van der Waals surface area contributed by atoms with Crippen molar-refractivity contribution in [3.63, 3.8) is 0 Å². The molecule has 130 valence electrons. The second kappa shape index (κ2) is 7.01. The summed E-state index contributed by atoms with van der Waals surface area (Å²) in [4.78, 5) is 17.5. The van der Waals surface area contributed by atoms with Gasteiger partial charge >= 0.3 is 0 Å². The maximum Gasteiger partial charge on any atom is 0.254 e. The van der Waals surface area contributed by atoms with Crippen LogP contribution in [-0.2, 0) is 19.4 Å². The van der Waals surface area contributed by atoms with E-state index in [-0.39, 0.29) is 5.91 Å². The Hall–Kier alpha value is -2.13. The third kappa shape index (κ3) is 3.47. The summed E-state index contributed by atoms with van der Waals surface area (Å²) < 4.78 is 0. The lowest BCUT2D eigenvalue weighted by molar-refractivity contribution is 0.0627. The number of fused-ring (bicyclic) bond motifs is 1. The van der Waals surface area contributed by atoms with E-state index in [1.165, 1.54) is 28.7 Å². The number of nitrogens with zero attached hydrogens (tertiary/aromatic N) is 2. The molecule has 3 nitrogen and oxygen atoms in total. The molecule has 0 N–H and O–H groups in total. The predicted molar refractivity (Wildman–Crippen MR) is 101 cm³/mol. The molecule has 0 atom stereocenters. The number of aryl methyl sites for hydroxylation is 2. The first-order chi connectivity index (χ1) is 12.2. The monoisotopic (exact) mass is 334 g/mol. The Morgan fingerprint density at radius 3 is 2.60 bits per heavy atom. The van der Waals surface area contributed by atoms with Crippen LogP contribution in [-0.4, -0.2) is 41.9 Å². The normalized spacial score (nSPS) is 17.6. The van der Waals surface area contributed by atoms with Crippen LogP contribution in [0.25, 0.3) is 0 Å². The minimum atomic E-state index is 0.231. The molecule has 0 aromatic heterocycles. The second-order valence-electron chi connectivity index (χ2n) is 7.35. The number of benzene rings is 2. The average Bonchev–Trinajstić information content (AvgIpc) is 3.10.